The summed E-state index contributed by atoms with van der Waals surface area (Å²) in [7, 11) is 0. The molecule has 0 unspecified atom stereocenters. The number of rotatable bonds is 4. The topological polar surface area (TPSA) is 93.8 Å². The van der Waals surface area contributed by atoms with Gasteiger partial charge in [0, 0.05) is 6.20 Å². The van der Waals surface area contributed by atoms with E-state index in [4.69, 9.17) is 5.73 Å². The Balaban J connectivity index is 1.88. The number of nitrogens with two attached hydrogens (primary N) is 1. The van der Waals surface area contributed by atoms with Crippen molar-refractivity contribution in [2.45, 2.75) is 11.3 Å². The van der Waals surface area contributed by atoms with Gasteiger partial charge in [-0.3, -0.25) is 4.79 Å². The number of aromatic nitrogens is 3. The van der Waals surface area contributed by atoms with Crippen LogP contribution in [0.15, 0.2) is 22.7 Å². The van der Waals surface area contributed by atoms with Crippen molar-refractivity contribution in [3.8, 4) is 0 Å². The molecule has 0 aliphatic rings. The molecule has 2 heterocycles. The van der Waals surface area contributed by atoms with Crippen LogP contribution in [0, 0.1) is 6.92 Å². The lowest BCUT2D eigenvalue weighted by Gasteiger charge is -2.05. The average molecular weight is 281 g/mol. The Kier molecular flexibility index (Phi) is 4.11. The normalized spacial score (nSPS) is 10.3. The van der Waals surface area contributed by atoms with E-state index < -0.39 is 0 Å². The lowest BCUT2D eigenvalue weighted by Crippen LogP contribution is -2.15. The molecule has 1 amide bonds. The lowest BCUT2D eigenvalue weighted by molar-refractivity contribution is -0.113. The third kappa shape index (κ3) is 3.41. The van der Waals surface area contributed by atoms with E-state index >= 15 is 0 Å². The van der Waals surface area contributed by atoms with Crippen molar-refractivity contribution in [1.82, 2.24) is 15.2 Å². The van der Waals surface area contributed by atoms with Gasteiger partial charge in [-0.15, -0.1) is 10.2 Å². The van der Waals surface area contributed by atoms with Gasteiger partial charge in [0.25, 0.3) is 0 Å². The van der Waals surface area contributed by atoms with Crippen LogP contribution in [0.4, 0.5) is 10.9 Å². The van der Waals surface area contributed by atoms with Crippen molar-refractivity contribution < 1.29 is 4.79 Å². The van der Waals surface area contributed by atoms with Gasteiger partial charge < -0.3 is 11.1 Å². The first kappa shape index (κ1) is 12.8. The molecule has 0 atom stereocenters. The molecule has 0 saturated carbocycles. The molecule has 6 nitrogen and oxygen atoms in total. The fourth-order valence-electron chi connectivity index (χ4n) is 1.19. The molecule has 0 fully saturated rings. The lowest BCUT2D eigenvalue weighted by atomic mass is 10.3. The minimum absolute atomic E-state index is 0.129. The Morgan fingerprint density at radius 2 is 2.39 bits per heavy atom. The molecule has 94 valence electrons. The summed E-state index contributed by atoms with van der Waals surface area (Å²) >= 11 is 2.56. The second-order valence-corrected chi connectivity index (χ2v) is 5.64. The molecule has 0 spiro atoms. The van der Waals surface area contributed by atoms with E-state index in [0.717, 1.165) is 5.56 Å². The molecule has 18 heavy (non-hydrogen) atoms. The highest BCUT2D eigenvalue weighted by atomic mass is 32.2. The molecule has 0 aliphatic heterocycles. The van der Waals surface area contributed by atoms with Crippen LogP contribution in [0.3, 0.4) is 0 Å². The highest BCUT2D eigenvalue weighted by molar-refractivity contribution is 8.01. The average Bonchev–Trinajstić information content (AvgIpc) is 2.76. The van der Waals surface area contributed by atoms with E-state index in [1.807, 2.05) is 19.1 Å². The standard InChI is InChI=1S/C10H11N5OS2/c1-6-3-2-4-12-8(6)13-7(16)5-17-10-15-14-9(11)18-10/h2-4H,5H2,1H3,(H2,11,14)(H,12,13,16). The maximum atomic E-state index is 11.7. The monoisotopic (exact) mass is 281 g/mol. The van der Waals surface area contributed by atoms with Crippen molar-refractivity contribution in [3.63, 3.8) is 0 Å². The first-order valence-corrected chi connectivity index (χ1v) is 6.88. The second-order valence-electron chi connectivity index (χ2n) is 3.41. The molecule has 0 radical (unpaired) electrons. The van der Waals surface area contributed by atoms with E-state index in [1.54, 1.807) is 6.20 Å². The van der Waals surface area contributed by atoms with Crippen molar-refractivity contribution in [3.05, 3.63) is 23.9 Å². The maximum absolute atomic E-state index is 11.7. The third-order valence-corrected chi connectivity index (χ3v) is 3.90. The molecular weight excluding hydrogens is 270 g/mol. The molecule has 0 aliphatic carbocycles. The smallest absolute Gasteiger partial charge is 0.235 e. The number of thioether (sulfide) groups is 1. The predicted molar refractivity (Wildman–Crippen MR) is 72.6 cm³/mol. The van der Waals surface area contributed by atoms with Crippen LogP contribution in [-0.2, 0) is 4.79 Å². The van der Waals surface area contributed by atoms with Crippen LogP contribution in [0.1, 0.15) is 5.56 Å². The van der Waals surface area contributed by atoms with Crippen LogP contribution in [0.25, 0.3) is 0 Å². The maximum Gasteiger partial charge on any atom is 0.235 e. The number of carbonyl (C=O) groups excluding carboxylic acids is 1. The molecule has 8 heteroatoms. The first-order chi connectivity index (χ1) is 8.65. The number of hydrogen-bond acceptors (Lipinski definition) is 7. The van der Waals surface area contributed by atoms with E-state index in [1.165, 1.54) is 23.1 Å². The van der Waals surface area contributed by atoms with Crippen molar-refractivity contribution >= 4 is 40.0 Å². The zero-order valence-electron chi connectivity index (χ0n) is 9.58. The number of pyridine rings is 1. The molecule has 3 N–H and O–H groups in total. The fourth-order valence-corrected chi connectivity index (χ4v) is 2.63. The minimum atomic E-state index is -0.129. The molecule has 0 bridgehead atoms. The van der Waals surface area contributed by atoms with Gasteiger partial charge >= 0.3 is 0 Å². The summed E-state index contributed by atoms with van der Waals surface area (Å²) in [4.78, 5) is 15.8. The fraction of sp³-hybridized carbons (Fsp3) is 0.200. The summed E-state index contributed by atoms with van der Waals surface area (Å²) in [5.41, 5.74) is 6.38. The van der Waals surface area contributed by atoms with Crippen molar-refractivity contribution in [2.75, 3.05) is 16.8 Å². The van der Waals surface area contributed by atoms with Gasteiger partial charge in [-0.25, -0.2) is 4.98 Å². The third-order valence-electron chi connectivity index (χ3n) is 2.02. The van der Waals surface area contributed by atoms with Gasteiger partial charge in [0.15, 0.2) is 4.34 Å². The van der Waals surface area contributed by atoms with E-state index in [-0.39, 0.29) is 11.7 Å². The zero-order valence-corrected chi connectivity index (χ0v) is 11.2. The van der Waals surface area contributed by atoms with Gasteiger partial charge in [-0.1, -0.05) is 29.2 Å². The van der Waals surface area contributed by atoms with Gasteiger partial charge in [0.2, 0.25) is 11.0 Å². The SMILES string of the molecule is Cc1cccnc1NC(=O)CSc1nnc(N)s1. The Hall–Kier alpha value is -1.67. The summed E-state index contributed by atoms with van der Waals surface area (Å²) in [5, 5.41) is 10.6. The zero-order chi connectivity index (χ0) is 13.0. The highest BCUT2D eigenvalue weighted by Gasteiger charge is 2.08. The second kappa shape index (κ2) is 5.78. The number of aryl methyl sites for hydroxylation is 1. The largest absolute Gasteiger partial charge is 0.374 e. The van der Waals surface area contributed by atoms with E-state index in [9.17, 15) is 4.79 Å². The van der Waals surface area contributed by atoms with Crippen LogP contribution in [0.5, 0.6) is 0 Å². The highest BCUT2D eigenvalue weighted by Crippen LogP contribution is 2.23. The van der Waals surface area contributed by atoms with Gasteiger partial charge in [0.1, 0.15) is 5.82 Å². The number of nitrogen functional groups attached to an aromatic ring is 1. The predicted octanol–water partition coefficient (Wildman–Crippen LogP) is 1.55. The Labute approximate surface area is 112 Å². The Bertz CT molecular complexity index is 557. The summed E-state index contributed by atoms with van der Waals surface area (Å²) in [6.45, 7) is 1.89. The van der Waals surface area contributed by atoms with Gasteiger partial charge in [-0.05, 0) is 18.6 Å². The Morgan fingerprint density at radius 1 is 1.56 bits per heavy atom. The molecule has 2 rings (SSSR count). The number of anilines is 2. The number of nitrogens with zero attached hydrogens (tertiary/aromatic N) is 3. The van der Waals surface area contributed by atoms with Crippen molar-refractivity contribution in [1.29, 1.82) is 0 Å². The minimum Gasteiger partial charge on any atom is -0.374 e. The quantitative estimate of drug-likeness (QED) is 0.826. The van der Waals surface area contributed by atoms with Crippen LogP contribution in [0.2, 0.25) is 0 Å². The number of carbonyl (C=O) groups is 1. The number of amides is 1. The van der Waals surface area contributed by atoms with Gasteiger partial charge in [-0.2, -0.15) is 0 Å². The van der Waals surface area contributed by atoms with E-state index in [0.29, 0.717) is 15.3 Å². The number of hydrogen-bond donors (Lipinski definition) is 2. The summed E-state index contributed by atoms with van der Waals surface area (Å²) in [6, 6.07) is 3.71. The molecule has 2 aromatic rings. The number of nitrogens with one attached hydrogen (secondary N) is 1. The van der Waals surface area contributed by atoms with Crippen LogP contribution < -0.4 is 11.1 Å². The van der Waals surface area contributed by atoms with Crippen LogP contribution in [-0.4, -0.2) is 26.8 Å². The van der Waals surface area contributed by atoms with E-state index in [2.05, 4.69) is 20.5 Å². The first-order valence-electron chi connectivity index (χ1n) is 5.08. The van der Waals surface area contributed by atoms with Gasteiger partial charge in [0.05, 0.1) is 5.75 Å². The summed E-state index contributed by atoms with van der Waals surface area (Å²) < 4.78 is 0.681. The molecule has 0 saturated heterocycles. The molecule has 2 aromatic heterocycles. The summed E-state index contributed by atoms with van der Waals surface area (Å²) in [5.74, 6) is 0.709. The summed E-state index contributed by atoms with van der Waals surface area (Å²) in [6.07, 6.45) is 1.64. The van der Waals surface area contributed by atoms with Crippen molar-refractivity contribution in [2.24, 2.45) is 0 Å². The van der Waals surface area contributed by atoms with Crippen LogP contribution >= 0.6 is 23.1 Å². The Morgan fingerprint density at radius 3 is 3.06 bits per heavy atom. The molecule has 0 aromatic carbocycles. The molecular formula is C10H11N5OS2.